The normalized spacial score (nSPS) is 13.9. The molecule has 20 heavy (non-hydrogen) atoms. The van der Waals surface area contributed by atoms with E-state index in [0.717, 1.165) is 36.3 Å². The van der Waals surface area contributed by atoms with Gasteiger partial charge < -0.3 is 5.32 Å². The maximum Gasteiger partial charge on any atom is 0.161 e. The number of aryl methyl sites for hydroxylation is 1. The van der Waals surface area contributed by atoms with Crippen LogP contribution in [0, 0.1) is 5.82 Å². The van der Waals surface area contributed by atoms with E-state index in [2.05, 4.69) is 15.3 Å². The second-order valence-corrected chi connectivity index (χ2v) is 5.31. The van der Waals surface area contributed by atoms with Gasteiger partial charge in [-0.1, -0.05) is 11.6 Å². The lowest BCUT2D eigenvalue weighted by atomic mass is 9.96. The minimum absolute atomic E-state index is 0.0924. The molecule has 0 aliphatic heterocycles. The van der Waals surface area contributed by atoms with Gasteiger partial charge in [-0.25, -0.2) is 14.4 Å². The van der Waals surface area contributed by atoms with Crippen molar-refractivity contribution in [2.24, 2.45) is 0 Å². The van der Waals surface area contributed by atoms with Crippen LogP contribution in [0.5, 0.6) is 0 Å². The molecule has 0 radical (unpaired) electrons. The summed E-state index contributed by atoms with van der Waals surface area (Å²) in [5.41, 5.74) is 3.03. The molecule has 1 aliphatic carbocycles. The van der Waals surface area contributed by atoms with Gasteiger partial charge in [0.25, 0.3) is 0 Å². The molecule has 3 rings (SSSR count). The number of hydrogen-bond donors (Lipinski definition) is 1. The summed E-state index contributed by atoms with van der Waals surface area (Å²) in [5, 5.41) is 3.23. The van der Waals surface area contributed by atoms with Crippen LogP contribution in [-0.4, -0.2) is 17.0 Å². The zero-order valence-corrected chi connectivity index (χ0v) is 12.0. The van der Waals surface area contributed by atoms with Crippen molar-refractivity contribution < 1.29 is 4.39 Å². The highest BCUT2D eigenvalue weighted by atomic mass is 35.5. The van der Waals surface area contributed by atoms with Crippen molar-refractivity contribution in [3.63, 3.8) is 0 Å². The quantitative estimate of drug-likeness (QED) is 0.913. The molecule has 1 aliphatic rings. The molecule has 0 fully saturated rings. The lowest BCUT2D eigenvalue weighted by Gasteiger charge is -2.18. The minimum atomic E-state index is -0.429. The molecule has 0 unspecified atom stereocenters. The topological polar surface area (TPSA) is 37.8 Å². The summed E-state index contributed by atoms with van der Waals surface area (Å²) in [7, 11) is 1.86. The maximum atomic E-state index is 13.2. The van der Waals surface area contributed by atoms with Crippen LogP contribution in [0.3, 0.4) is 0 Å². The molecule has 1 N–H and O–H groups in total. The fraction of sp³-hybridized carbons (Fsp3) is 0.333. The highest BCUT2D eigenvalue weighted by Gasteiger charge is 2.18. The number of rotatable bonds is 2. The Morgan fingerprint density at radius 1 is 1.20 bits per heavy atom. The van der Waals surface area contributed by atoms with Crippen LogP contribution in [-0.2, 0) is 12.8 Å². The van der Waals surface area contributed by atoms with Crippen molar-refractivity contribution in [3.8, 4) is 11.4 Å². The summed E-state index contributed by atoms with van der Waals surface area (Å²) >= 11 is 5.83. The molecule has 0 spiro atoms. The SMILES string of the molecule is CNc1nc(-c2ccc(F)c(Cl)c2)nc2c1CCCC2. The molecule has 0 saturated carbocycles. The number of anilines is 1. The van der Waals surface area contributed by atoms with Crippen molar-refractivity contribution in [3.05, 3.63) is 40.3 Å². The predicted octanol–water partition coefficient (Wildman–Crippen LogP) is 3.86. The highest BCUT2D eigenvalue weighted by molar-refractivity contribution is 6.31. The monoisotopic (exact) mass is 291 g/mol. The van der Waals surface area contributed by atoms with Crippen LogP contribution in [0.25, 0.3) is 11.4 Å². The Labute approximate surface area is 122 Å². The van der Waals surface area contributed by atoms with E-state index in [9.17, 15) is 4.39 Å². The highest BCUT2D eigenvalue weighted by Crippen LogP contribution is 2.29. The van der Waals surface area contributed by atoms with Crippen LogP contribution >= 0.6 is 11.6 Å². The number of aromatic nitrogens is 2. The Kier molecular flexibility index (Phi) is 3.57. The zero-order chi connectivity index (χ0) is 14.1. The van der Waals surface area contributed by atoms with Crippen molar-refractivity contribution in [1.29, 1.82) is 0 Å². The summed E-state index contributed by atoms with van der Waals surface area (Å²) in [6, 6.07) is 4.58. The van der Waals surface area contributed by atoms with Crippen LogP contribution in [0.1, 0.15) is 24.1 Å². The van der Waals surface area contributed by atoms with Gasteiger partial charge in [-0.15, -0.1) is 0 Å². The minimum Gasteiger partial charge on any atom is -0.373 e. The summed E-state index contributed by atoms with van der Waals surface area (Å²) in [6.07, 6.45) is 4.30. The molecule has 2 aromatic rings. The number of fused-ring (bicyclic) bond motifs is 1. The van der Waals surface area contributed by atoms with E-state index in [0.29, 0.717) is 5.82 Å². The molecule has 0 amide bonds. The fourth-order valence-electron chi connectivity index (χ4n) is 2.57. The van der Waals surface area contributed by atoms with Gasteiger partial charge in [0.05, 0.1) is 5.02 Å². The third-order valence-electron chi connectivity index (χ3n) is 3.60. The Hall–Kier alpha value is -1.68. The summed E-state index contributed by atoms with van der Waals surface area (Å²) < 4.78 is 13.2. The standard InChI is InChI=1S/C15H15ClFN3/c1-18-15-10-4-2-3-5-13(10)19-14(20-15)9-6-7-12(17)11(16)8-9/h6-8H,2-5H2,1H3,(H,18,19,20). The molecule has 0 atom stereocenters. The lowest BCUT2D eigenvalue weighted by molar-refractivity contribution is 0.628. The first-order chi connectivity index (χ1) is 9.69. The van der Waals surface area contributed by atoms with E-state index in [1.165, 1.54) is 18.1 Å². The molecule has 1 aromatic heterocycles. The first-order valence-electron chi connectivity index (χ1n) is 6.72. The fourth-order valence-corrected chi connectivity index (χ4v) is 2.75. The number of nitrogens with one attached hydrogen (secondary N) is 1. The van der Waals surface area contributed by atoms with Gasteiger partial charge in [0, 0.05) is 23.9 Å². The van der Waals surface area contributed by atoms with E-state index in [1.807, 2.05) is 7.05 Å². The number of benzene rings is 1. The van der Waals surface area contributed by atoms with Gasteiger partial charge >= 0.3 is 0 Å². The third-order valence-corrected chi connectivity index (χ3v) is 3.89. The van der Waals surface area contributed by atoms with Crippen molar-refractivity contribution in [2.45, 2.75) is 25.7 Å². The zero-order valence-electron chi connectivity index (χ0n) is 11.2. The number of hydrogen-bond acceptors (Lipinski definition) is 3. The molecule has 3 nitrogen and oxygen atoms in total. The van der Waals surface area contributed by atoms with Gasteiger partial charge in [0.1, 0.15) is 11.6 Å². The average Bonchev–Trinajstić information content (AvgIpc) is 2.49. The van der Waals surface area contributed by atoms with Crippen LogP contribution in [0.2, 0.25) is 5.02 Å². The number of halogens is 2. The van der Waals surface area contributed by atoms with Gasteiger partial charge in [-0.2, -0.15) is 0 Å². The smallest absolute Gasteiger partial charge is 0.161 e. The molecule has 1 heterocycles. The largest absolute Gasteiger partial charge is 0.373 e. The predicted molar refractivity (Wildman–Crippen MR) is 78.6 cm³/mol. The van der Waals surface area contributed by atoms with Crippen LogP contribution in [0.4, 0.5) is 10.2 Å². The molecule has 5 heteroatoms. The summed E-state index contributed by atoms with van der Waals surface area (Å²) in [5.74, 6) is 1.03. The third kappa shape index (κ3) is 2.36. The van der Waals surface area contributed by atoms with Crippen LogP contribution < -0.4 is 5.32 Å². The van der Waals surface area contributed by atoms with Crippen molar-refractivity contribution >= 4 is 17.4 Å². The Balaban J connectivity index is 2.11. The second-order valence-electron chi connectivity index (χ2n) is 4.91. The summed E-state index contributed by atoms with van der Waals surface area (Å²) in [4.78, 5) is 9.17. The number of nitrogens with zero attached hydrogens (tertiary/aromatic N) is 2. The van der Waals surface area contributed by atoms with Crippen LogP contribution in [0.15, 0.2) is 18.2 Å². The Morgan fingerprint density at radius 3 is 2.75 bits per heavy atom. The van der Waals surface area contributed by atoms with E-state index < -0.39 is 5.82 Å². The van der Waals surface area contributed by atoms with Crippen molar-refractivity contribution in [2.75, 3.05) is 12.4 Å². The Morgan fingerprint density at radius 2 is 2.00 bits per heavy atom. The van der Waals surface area contributed by atoms with E-state index in [-0.39, 0.29) is 5.02 Å². The van der Waals surface area contributed by atoms with E-state index in [4.69, 9.17) is 11.6 Å². The second kappa shape index (κ2) is 5.37. The van der Waals surface area contributed by atoms with Gasteiger partial charge in [-0.3, -0.25) is 0 Å². The van der Waals surface area contributed by atoms with E-state index in [1.54, 1.807) is 12.1 Å². The molecule has 1 aromatic carbocycles. The van der Waals surface area contributed by atoms with E-state index >= 15 is 0 Å². The van der Waals surface area contributed by atoms with Crippen molar-refractivity contribution in [1.82, 2.24) is 9.97 Å². The average molecular weight is 292 g/mol. The molecule has 0 saturated heterocycles. The summed E-state index contributed by atoms with van der Waals surface area (Å²) in [6.45, 7) is 0. The lowest BCUT2D eigenvalue weighted by Crippen LogP contribution is -2.11. The molecular formula is C15H15ClFN3. The molecular weight excluding hydrogens is 277 g/mol. The molecule has 104 valence electrons. The van der Waals surface area contributed by atoms with Gasteiger partial charge in [0.2, 0.25) is 0 Å². The first kappa shape index (κ1) is 13.3. The van der Waals surface area contributed by atoms with Gasteiger partial charge in [-0.05, 0) is 43.9 Å². The Bertz CT molecular complexity index is 641. The maximum absolute atomic E-state index is 13.2. The molecule has 0 bridgehead atoms. The first-order valence-corrected chi connectivity index (χ1v) is 7.10. The van der Waals surface area contributed by atoms with Gasteiger partial charge in [0.15, 0.2) is 5.82 Å².